The minimum Gasteiger partial charge on any atom is -0.493 e. The van der Waals surface area contributed by atoms with E-state index in [0.717, 1.165) is 37.4 Å². The van der Waals surface area contributed by atoms with Gasteiger partial charge in [0.25, 0.3) is 11.6 Å². The number of nitro benzene ring substituents is 1. The highest BCUT2D eigenvalue weighted by Gasteiger charge is 2.12. The van der Waals surface area contributed by atoms with E-state index in [1.807, 2.05) is 18.2 Å². The van der Waals surface area contributed by atoms with E-state index in [2.05, 4.69) is 22.1 Å². The first-order chi connectivity index (χ1) is 15.5. The van der Waals surface area contributed by atoms with Crippen LogP contribution in [0.25, 0.3) is 11.5 Å². The standard InChI is InChI=1S/C22H26N4O6/c1-25(13-11-16-5-10-19(29-2)20(15-16)30-3)12-4-14-31-22-24-23-21(32-22)17-6-8-18(9-7-17)26(27)28/h5-10,15H,4,11-14H2,1-3H3. The Bertz CT molecular complexity index is 1020. The summed E-state index contributed by atoms with van der Waals surface area (Å²) in [6, 6.07) is 11.8. The molecule has 170 valence electrons. The molecule has 0 bridgehead atoms. The van der Waals surface area contributed by atoms with Crippen molar-refractivity contribution in [3.8, 4) is 29.0 Å². The van der Waals surface area contributed by atoms with Crippen molar-refractivity contribution < 1.29 is 23.6 Å². The lowest BCUT2D eigenvalue weighted by molar-refractivity contribution is -0.384. The molecule has 32 heavy (non-hydrogen) atoms. The van der Waals surface area contributed by atoms with Gasteiger partial charge in [-0.2, -0.15) is 0 Å². The molecule has 0 radical (unpaired) electrons. The molecule has 10 nitrogen and oxygen atoms in total. The number of rotatable bonds is 12. The molecule has 0 N–H and O–H groups in total. The Morgan fingerprint density at radius 2 is 1.78 bits per heavy atom. The largest absolute Gasteiger partial charge is 0.493 e. The summed E-state index contributed by atoms with van der Waals surface area (Å²) in [4.78, 5) is 12.5. The van der Waals surface area contributed by atoms with Crippen molar-refractivity contribution in [3.63, 3.8) is 0 Å². The van der Waals surface area contributed by atoms with E-state index in [4.69, 9.17) is 18.6 Å². The minimum atomic E-state index is -0.461. The van der Waals surface area contributed by atoms with E-state index in [-0.39, 0.29) is 17.7 Å². The molecular weight excluding hydrogens is 416 g/mol. The second-order valence-corrected chi connectivity index (χ2v) is 7.12. The van der Waals surface area contributed by atoms with Crippen LogP contribution in [-0.4, -0.2) is 61.0 Å². The van der Waals surface area contributed by atoms with Crippen LogP contribution in [0, 0.1) is 10.1 Å². The molecule has 0 fully saturated rings. The molecule has 0 saturated carbocycles. The number of hydrogen-bond acceptors (Lipinski definition) is 9. The highest BCUT2D eigenvalue weighted by Crippen LogP contribution is 2.27. The van der Waals surface area contributed by atoms with Gasteiger partial charge in [-0.05, 0) is 49.7 Å². The molecule has 0 atom stereocenters. The summed E-state index contributed by atoms with van der Waals surface area (Å²) in [6.45, 7) is 2.17. The number of nitrogens with zero attached hydrogens (tertiary/aromatic N) is 4. The molecule has 0 aliphatic rings. The summed E-state index contributed by atoms with van der Waals surface area (Å²) in [6.07, 6.45) is 1.75. The predicted molar refractivity (Wildman–Crippen MR) is 117 cm³/mol. The fourth-order valence-electron chi connectivity index (χ4n) is 3.07. The van der Waals surface area contributed by atoms with Gasteiger partial charge in [0.05, 0.1) is 25.7 Å². The predicted octanol–water partition coefficient (Wildman–Crippen LogP) is 3.61. The summed E-state index contributed by atoms with van der Waals surface area (Å²) in [7, 11) is 5.31. The maximum absolute atomic E-state index is 10.7. The van der Waals surface area contributed by atoms with Crippen molar-refractivity contribution in [2.24, 2.45) is 0 Å². The highest BCUT2D eigenvalue weighted by atomic mass is 16.6. The van der Waals surface area contributed by atoms with Gasteiger partial charge in [-0.1, -0.05) is 11.2 Å². The van der Waals surface area contributed by atoms with Crippen molar-refractivity contribution >= 4 is 5.69 Å². The number of likely N-dealkylation sites (N-methyl/N-ethyl adjacent to an activating group) is 1. The third kappa shape index (κ3) is 6.17. The Hall–Kier alpha value is -3.66. The number of non-ortho nitro benzene ring substituents is 1. The van der Waals surface area contributed by atoms with Crippen molar-refractivity contribution in [3.05, 3.63) is 58.1 Å². The van der Waals surface area contributed by atoms with Crippen LogP contribution in [0.1, 0.15) is 12.0 Å². The Kier molecular flexibility index (Phi) is 7.98. The molecule has 1 heterocycles. The minimum absolute atomic E-state index is 0.0000124. The zero-order valence-corrected chi connectivity index (χ0v) is 18.3. The SMILES string of the molecule is COc1ccc(CCN(C)CCCOc2nnc(-c3ccc([N+](=O)[O-])cc3)o2)cc1OC. The lowest BCUT2D eigenvalue weighted by Gasteiger charge is -2.17. The maximum atomic E-state index is 10.7. The van der Waals surface area contributed by atoms with Crippen molar-refractivity contribution in [2.45, 2.75) is 12.8 Å². The number of ether oxygens (including phenoxy) is 3. The van der Waals surface area contributed by atoms with E-state index in [9.17, 15) is 10.1 Å². The van der Waals surface area contributed by atoms with Gasteiger partial charge in [-0.25, -0.2) is 0 Å². The fraction of sp³-hybridized carbons (Fsp3) is 0.364. The van der Waals surface area contributed by atoms with E-state index >= 15 is 0 Å². The summed E-state index contributed by atoms with van der Waals surface area (Å²) in [5.74, 6) is 1.70. The zero-order valence-electron chi connectivity index (χ0n) is 18.3. The van der Waals surface area contributed by atoms with Crippen molar-refractivity contribution in [1.29, 1.82) is 0 Å². The van der Waals surface area contributed by atoms with Crippen LogP contribution in [0.5, 0.6) is 17.6 Å². The van der Waals surface area contributed by atoms with Gasteiger partial charge in [0.2, 0.25) is 0 Å². The Labute approximate surface area is 185 Å². The average Bonchev–Trinajstić information content (AvgIpc) is 3.29. The number of benzene rings is 2. The van der Waals surface area contributed by atoms with E-state index in [0.29, 0.717) is 12.2 Å². The highest BCUT2D eigenvalue weighted by molar-refractivity contribution is 5.55. The number of nitro groups is 1. The number of methoxy groups -OCH3 is 2. The van der Waals surface area contributed by atoms with Crippen LogP contribution in [-0.2, 0) is 6.42 Å². The molecule has 0 saturated heterocycles. The van der Waals surface area contributed by atoms with E-state index in [1.165, 1.54) is 17.7 Å². The lowest BCUT2D eigenvalue weighted by atomic mass is 10.1. The molecule has 10 heteroatoms. The van der Waals surface area contributed by atoms with Gasteiger partial charge in [0.15, 0.2) is 11.5 Å². The average molecular weight is 442 g/mol. The van der Waals surface area contributed by atoms with Crippen LogP contribution in [0.4, 0.5) is 5.69 Å². The molecule has 3 aromatic rings. The van der Waals surface area contributed by atoms with Crippen LogP contribution in [0.2, 0.25) is 0 Å². The van der Waals surface area contributed by atoms with Gasteiger partial charge < -0.3 is 23.5 Å². The first kappa shape index (κ1) is 23.0. The molecule has 0 aliphatic heterocycles. The molecule has 1 aromatic heterocycles. The van der Waals surface area contributed by atoms with Gasteiger partial charge >= 0.3 is 6.08 Å². The quantitative estimate of drug-likeness (QED) is 0.236. The normalized spacial score (nSPS) is 10.9. The Morgan fingerprint density at radius 3 is 2.47 bits per heavy atom. The second kappa shape index (κ2) is 11.1. The Balaban J connectivity index is 1.39. The molecule has 0 amide bonds. The van der Waals surface area contributed by atoms with Crippen molar-refractivity contribution in [1.82, 2.24) is 15.1 Å². The topological polar surface area (TPSA) is 113 Å². The van der Waals surface area contributed by atoms with E-state index < -0.39 is 4.92 Å². The maximum Gasteiger partial charge on any atom is 0.414 e. The van der Waals surface area contributed by atoms with Crippen LogP contribution in [0.15, 0.2) is 46.9 Å². The van der Waals surface area contributed by atoms with Gasteiger partial charge in [-0.15, -0.1) is 5.10 Å². The van der Waals surface area contributed by atoms with Gasteiger partial charge in [0, 0.05) is 30.8 Å². The second-order valence-electron chi connectivity index (χ2n) is 7.12. The third-order valence-corrected chi connectivity index (χ3v) is 4.87. The monoisotopic (exact) mass is 442 g/mol. The first-order valence-electron chi connectivity index (χ1n) is 10.1. The van der Waals surface area contributed by atoms with Crippen LogP contribution < -0.4 is 14.2 Å². The van der Waals surface area contributed by atoms with Crippen LogP contribution >= 0.6 is 0 Å². The zero-order chi connectivity index (χ0) is 22.9. The molecule has 2 aromatic carbocycles. The number of aromatic nitrogens is 2. The third-order valence-electron chi connectivity index (χ3n) is 4.87. The number of hydrogen-bond donors (Lipinski definition) is 0. The van der Waals surface area contributed by atoms with E-state index in [1.54, 1.807) is 26.4 Å². The van der Waals surface area contributed by atoms with Gasteiger partial charge in [0.1, 0.15) is 0 Å². The molecule has 3 rings (SSSR count). The molecule has 0 aliphatic carbocycles. The smallest absolute Gasteiger partial charge is 0.414 e. The lowest BCUT2D eigenvalue weighted by Crippen LogP contribution is -2.23. The first-order valence-corrected chi connectivity index (χ1v) is 10.1. The summed E-state index contributed by atoms with van der Waals surface area (Å²) >= 11 is 0. The summed E-state index contributed by atoms with van der Waals surface area (Å²) in [5.41, 5.74) is 1.77. The summed E-state index contributed by atoms with van der Waals surface area (Å²) in [5, 5.41) is 18.5. The Morgan fingerprint density at radius 1 is 1.03 bits per heavy atom. The molecule has 0 spiro atoms. The van der Waals surface area contributed by atoms with Gasteiger partial charge in [-0.3, -0.25) is 10.1 Å². The molecular formula is C22H26N4O6. The van der Waals surface area contributed by atoms with Crippen LogP contribution in [0.3, 0.4) is 0 Å². The van der Waals surface area contributed by atoms with Crippen molar-refractivity contribution in [2.75, 3.05) is 41.0 Å². The molecule has 0 unspecified atom stereocenters. The summed E-state index contributed by atoms with van der Waals surface area (Å²) < 4.78 is 21.6. The fourth-order valence-corrected chi connectivity index (χ4v) is 3.07.